The summed E-state index contributed by atoms with van der Waals surface area (Å²) in [7, 11) is 1.17. The lowest BCUT2D eigenvalue weighted by atomic mass is 9.93. The van der Waals surface area contributed by atoms with E-state index in [1.54, 1.807) is 0 Å². The van der Waals surface area contributed by atoms with Gasteiger partial charge in [-0.2, -0.15) is 26.3 Å². The Bertz CT molecular complexity index is 731. The molecule has 0 atom stereocenters. The van der Waals surface area contributed by atoms with Crippen molar-refractivity contribution in [3.8, 4) is 0 Å². The number of imide groups is 1. The summed E-state index contributed by atoms with van der Waals surface area (Å²) in [6, 6.07) is -0.721. The Morgan fingerprint density at radius 2 is 1.54 bits per heavy atom. The first-order chi connectivity index (χ1) is 11.8. The van der Waals surface area contributed by atoms with Gasteiger partial charge in [-0.1, -0.05) is 6.07 Å². The first-order valence-corrected chi connectivity index (χ1v) is 7.08. The second-order valence-corrected chi connectivity index (χ2v) is 5.40. The van der Waals surface area contributed by atoms with Crippen molar-refractivity contribution in [1.82, 2.24) is 4.90 Å². The van der Waals surface area contributed by atoms with Crippen molar-refractivity contribution in [2.75, 3.05) is 23.8 Å². The third kappa shape index (κ3) is 2.82. The van der Waals surface area contributed by atoms with Gasteiger partial charge in [0.2, 0.25) is 0 Å². The molecule has 12 heteroatoms. The number of amides is 4. The Labute approximate surface area is 142 Å². The minimum Gasteiger partial charge on any atom is -0.305 e. The van der Waals surface area contributed by atoms with Crippen LogP contribution >= 0.6 is 0 Å². The minimum absolute atomic E-state index is 0.103. The molecule has 0 unspecified atom stereocenters. The van der Waals surface area contributed by atoms with Crippen molar-refractivity contribution in [2.45, 2.75) is 24.9 Å². The molecule has 1 N–H and O–H groups in total. The van der Waals surface area contributed by atoms with Gasteiger partial charge in [-0.25, -0.2) is 18.9 Å². The Morgan fingerprint density at radius 1 is 1.00 bits per heavy atom. The van der Waals surface area contributed by atoms with E-state index in [1.807, 2.05) is 5.32 Å². The first kappa shape index (κ1) is 19.8. The van der Waals surface area contributed by atoms with Gasteiger partial charge in [0.05, 0.1) is 11.4 Å². The lowest BCUT2D eigenvalue weighted by molar-refractivity contribution is -0.348. The summed E-state index contributed by atoms with van der Waals surface area (Å²) >= 11 is 0. The number of benzene rings is 1. The van der Waals surface area contributed by atoms with Crippen LogP contribution in [0.25, 0.3) is 0 Å². The predicted octanol–water partition coefficient (Wildman–Crippen LogP) is 4.40. The lowest BCUT2D eigenvalue weighted by Crippen LogP contribution is -2.50. The highest BCUT2D eigenvalue weighted by Gasteiger charge is 2.73. The molecule has 5 nitrogen and oxygen atoms in total. The van der Waals surface area contributed by atoms with Crippen LogP contribution in [0.3, 0.4) is 0 Å². The van der Waals surface area contributed by atoms with Crippen LogP contribution in [-0.2, 0) is 5.67 Å². The van der Waals surface area contributed by atoms with E-state index in [9.17, 15) is 40.3 Å². The number of halogens is 7. The maximum atomic E-state index is 14.2. The minimum atomic E-state index is -6.29. The summed E-state index contributed by atoms with van der Waals surface area (Å²) in [5.74, 6) is 0. The van der Waals surface area contributed by atoms with Crippen LogP contribution in [0.1, 0.15) is 12.5 Å². The molecule has 1 aromatic carbocycles. The van der Waals surface area contributed by atoms with E-state index in [-0.39, 0.29) is 24.4 Å². The molecule has 2 rings (SSSR count). The zero-order valence-corrected chi connectivity index (χ0v) is 13.3. The molecule has 0 radical (unpaired) electrons. The quantitative estimate of drug-likeness (QED) is 0.765. The van der Waals surface area contributed by atoms with Crippen LogP contribution in [0.2, 0.25) is 0 Å². The highest BCUT2D eigenvalue weighted by atomic mass is 19.4. The Balaban J connectivity index is 2.66. The van der Waals surface area contributed by atoms with Gasteiger partial charge in [0, 0.05) is 19.2 Å². The van der Waals surface area contributed by atoms with E-state index in [2.05, 4.69) is 0 Å². The van der Waals surface area contributed by atoms with Gasteiger partial charge in [-0.05, 0) is 19.1 Å². The highest BCUT2D eigenvalue weighted by molar-refractivity contribution is 6.11. The van der Waals surface area contributed by atoms with Crippen LogP contribution in [0.4, 0.5) is 51.7 Å². The summed E-state index contributed by atoms with van der Waals surface area (Å²) < 4.78 is 91.4. The number of carbonyl (C=O) groups is 2. The number of anilines is 2. The Morgan fingerprint density at radius 3 is 2.00 bits per heavy atom. The maximum Gasteiger partial charge on any atom is 0.435 e. The number of nitrogens with one attached hydrogen (secondary N) is 1. The van der Waals surface area contributed by atoms with Gasteiger partial charge in [-0.15, -0.1) is 0 Å². The number of hydrogen-bond donors (Lipinski definition) is 1. The zero-order valence-electron chi connectivity index (χ0n) is 13.3. The van der Waals surface area contributed by atoms with E-state index in [1.165, 1.54) is 14.0 Å². The van der Waals surface area contributed by atoms with Crippen molar-refractivity contribution in [3.63, 3.8) is 0 Å². The fourth-order valence-corrected chi connectivity index (χ4v) is 2.46. The molecule has 0 aliphatic carbocycles. The molecule has 1 aliphatic heterocycles. The smallest absolute Gasteiger partial charge is 0.305 e. The number of nitrogens with zero attached hydrogens (tertiary/aromatic N) is 2. The zero-order chi connectivity index (χ0) is 20.1. The molecule has 0 spiro atoms. The Hall–Kier alpha value is -2.53. The second-order valence-electron chi connectivity index (χ2n) is 5.40. The largest absolute Gasteiger partial charge is 0.435 e. The summed E-state index contributed by atoms with van der Waals surface area (Å²) in [6.45, 7) is 1.33. The SMILES string of the molecule is CCN1C(=O)Nc2cc(C(F)(C(F)(F)F)C(F)(F)F)ccc2N(C)C1=O. The van der Waals surface area contributed by atoms with Crippen molar-refractivity contribution >= 4 is 23.4 Å². The normalized spacial score (nSPS) is 16.3. The van der Waals surface area contributed by atoms with E-state index in [0.29, 0.717) is 11.0 Å². The summed E-state index contributed by atoms with van der Waals surface area (Å²) in [5.41, 5.74) is -8.15. The number of urea groups is 2. The van der Waals surface area contributed by atoms with E-state index < -0.39 is 41.3 Å². The van der Waals surface area contributed by atoms with E-state index in [4.69, 9.17) is 0 Å². The predicted molar refractivity (Wildman–Crippen MR) is 76.5 cm³/mol. The maximum absolute atomic E-state index is 14.2. The first-order valence-electron chi connectivity index (χ1n) is 7.08. The Kier molecular flexibility index (Phi) is 4.58. The third-order valence-electron chi connectivity index (χ3n) is 3.86. The molecule has 4 amide bonds. The van der Waals surface area contributed by atoms with Gasteiger partial charge >= 0.3 is 30.1 Å². The van der Waals surface area contributed by atoms with Crippen LogP contribution < -0.4 is 10.2 Å². The van der Waals surface area contributed by atoms with Crippen molar-refractivity contribution < 1.29 is 40.3 Å². The van der Waals surface area contributed by atoms with Crippen LogP contribution in [0.15, 0.2) is 18.2 Å². The number of fused-ring (bicyclic) bond motifs is 1. The average Bonchev–Trinajstić information content (AvgIpc) is 2.59. The van der Waals surface area contributed by atoms with Crippen molar-refractivity contribution in [3.05, 3.63) is 23.8 Å². The van der Waals surface area contributed by atoms with Gasteiger partial charge in [-0.3, -0.25) is 4.90 Å². The molecule has 0 saturated heterocycles. The molecule has 1 aromatic rings. The number of rotatable bonds is 2. The van der Waals surface area contributed by atoms with Crippen molar-refractivity contribution in [1.29, 1.82) is 0 Å². The average molecular weight is 387 g/mol. The summed E-state index contributed by atoms with van der Waals surface area (Å²) in [4.78, 5) is 25.6. The molecule has 0 saturated carbocycles. The molecule has 0 fully saturated rings. The molecule has 26 heavy (non-hydrogen) atoms. The third-order valence-corrected chi connectivity index (χ3v) is 3.86. The van der Waals surface area contributed by atoms with Crippen LogP contribution in [-0.4, -0.2) is 42.9 Å². The molecule has 0 aromatic heterocycles. The lowest BCUT2D eigenvalue weighted by Gasteiger charge is -2.31. The molecular weight excluding hydrogens is 375 g/mol. The van der Waals surface area contributed by atoms with Crippen LogP contribution in [0.5, 0.6) is 0 Å². The fourth-order valence-electron chi connectivity index (χ4n) is 2.46. The van der Waals surface area contributed by atoms with E-state index in [0.717, 1.165) is 4.90 Å². The standard InChI is InChI=1S/C14H12F7N3O2/c1-3-24-10(25)22-8-6-7(4-5-9(8)23(2)11(24)26)12(15,13(16,17)18)14(19,20)21/h4-6H,3H2,1-2H3,(H,22,25). The van der Waals surface area contributed by atoms with Gasteiger partial charge in [0.1, 0.15) is 0 Å². The number of alkyl halides is 7. The fraction of sp³-hybridized carbons (Fsp3) is 0.429. The summed E-state index contributed by atoms with van der Waals surface area (Å²) in [5, 5.41) is 2.02. The van der Waals surface area contributed by atoms with E-state index >= 15 is 0 Å². The van der Waals surface area contributed by atoms with Gasteiger partial charge in [0.15, 0.2) is 0 Å². The number of carbonyl (C=O) groups excluding carboxylic acids is 2. The van der Waals surface area contributed by atoms with Crippen LogP contribution in [0, 0.1) is 0 Å². The highest BCUT2D eigenvalue weighted by Crippen LogP contribution is 2.54. The topological polar surface area (TPSA) is 52.7 Å². The summed E-state index contributed by atoms with van der Waals surface area (Å²) in [6.07, 6.45) is -12.6. The molecule has 1 heterocycles. The van der Waals surface area contributed by atoms with Gasteiger partial charge < -0.3 is 5.32 Å². The second kappa shape index (κ2) is 6.02. The van der Waals surface area contributed by atoms with Crippen molar-refractivity contribution in [2.24, 2.45) is 0 Å². The number of hydrogen-bond acceptors (Lipinski definition) is 2. The van der Waals surface area contributed by atoms with Gasteiger partial charge in [0.25, 0.3) is 0 Å². The molecular formula is C14H12F7N3O2. The molecule has 1 aliphatic rings. The molecule has 0 bridgehead atoms. The molecule has 144 valence electrons. The monoisotopic (exact) mass is 387 g/mol.